The van der Waals surface area contributed by atoms with Crippen LogP contribution in [0.1, 0.15) is 26.2 Å². The van der Waals surface area contributed by atoms with E-state index in [1.807, 2.05) is 18.2 Å². The van der Waals surface area contributed by atoms with Crippen LogP contribution < -0.4 is 4.90 Å². The molecule has 0 N–H and O–H groups in total. The van der Waals surface area contributed by atoms with Gasteiger partial charge in [-0.3, -0.25) is 4.90 Å². The molecule has 0 saturated carbocycles. The first kappa shape index (κ1) is 11.6. The van der Waals surface area contributed by atoms with Gasteiger partial charge in [-0.2, -0.15) is 0 Å². The predicted octanol–water partition coefficient (Wildman–Crippen LogP) is 3.23. The lowest BCUT2D eigenvalue weighted by molar-refractivity contribution is 0.176. The number of hydrogen-bond donors (Lipinski definition) is 0. The van der Waals surface area contributed by atoms with Gasteiger partial charge in [0.15, 0.2) is 0 Å². The van der Waals surface area contributed by atoms with Crippen molar-refractivity contribution in [3.05, 3.63) is 30.3 Å². The summed E-state index contributed by atoms with van der Waals surface area (Å²) in [5.74, 6) is 0. The standard InChI is InChI=1S/C12H16NO2/c1-2-3-7-10-13(12(14)15)11-8-5-4-6-9-11/h4-6,8-9H,2-3,7,10H2,1H3. The Bertz CT molecular complexity index is 298. The molecule has 3 heteroatoms. The summed E-state index contributed by atoms with van der Waals surface area (Å²) in [6.07, 6.45) is 1.86. The zero-order chi connectivity index (χ0) is 11.1. The summed E-state index contributed by atoms with van der Waals surface area (Å²) in [7, 11) is 0. The number of rotatable bonds is 5. The zero-order valence-corrected chi connectivity index (χ0v) is 8.98. The van der Waals surface area contributed by atoms with E-state index in [1.54, 1.807) is 12.1 Å². The van der Waals surface area contributed by atoms with Crippen LogP contribution in [0.15, 0.2) is 30.3 Å². The maximum Gasteiger partial charge on any atom is 0.457 e. The van der Waals surface area contributed by atoms with E-state index in [4.69, 9.17) is 0 Å². The molecule has 15 heavy (non-hydrogen) atoms. The Balaban J connectivity index is 2.62. The molecule has 1 radical (unpaired) electrons. The quantitative estimate of drug-likeness (QED) is 0.682. The number of amides is 1. The number of anilines is 1. The normalized spacial score (nSPS) is 9.93. The van der Waals surface area contributed by atoms with E-state index in [1.165, 1.54) is 4.90 Å². The highest BCUT2D eigenvalue weighted by Crippen LogP contribution is 2.14. The Morgan fingerprint density at radius 3 is 2.40 bits per heavy atom. The lowest BCUT2D eigenvalue weighted by Gasteiger charge is -2.17. The van der Waals surface area contributed by atoms with Crippen LogP contribution in [-0.2, 0) is 5.11 Å². The summed E-state index contributed by atoms with van der Waals surface area (Å²) >= 11 is 0. The molecule has 3 nitrogen and oxygen atoms in total. The van der Waals surface area contributed by atoms with Gasteiger partial charge in [0.1, 0.15) is 0 Å². The molecule has 0 aliphatic rings. The highest BCUT2D eigenvalue weighted by Gasteiger charge is 2.14. The van der Waals surface area contributed by atoms with Crippen molar-refractivity contribution in [1.82, 2.24) is 0 Å². The highest BCUT2D eigenvalue weighted by molar-refractivity contribution is 5.85. The highest BCUT2D eigenvalue weighted by atomic mass is 16.4. The third-order valence-electron chi connectivity index (χ3n) is 2.27. The molecule has 0 bridgehead atoms. The number of nitrogens with zero attached hydrogens (tertiary/aromatic N) is 1. The maximum atomic E-state index is 10.9. The summed E-state index contributed by atoms with van der Waals surface area (Å²) in [5.41, 5.74) is 0.689. The third kappa shape index (κ3) is 3.62. The van der Waals surface area contributed by atoms with Gasteiger partial charge >= 0.3 is 6.09 Å². The molecule has 0 saturated heterocycles. The van der Waals surface area contributed by atoms with E-state index < -0.39 is 6.09 Å². The van der Waals surface area contributed by atoms with Crippen LogP contribution >= 0.6 is 0 Å². The first-order valence-electron chi connectivity index (χ1n) is 5.29. The van der Waals surface area contributed by atoms with E-state index in [9.17, 15) is 9.90 Å². The van der Waals surface area contributed by atoms with Crippen LogP contribution in [0.3, 0.4) is 0 Å². The average Bonchev–Trinajstić information content (AvgIpc) is 2.25. The Morgan fingerprint density at radius 1 is 1.20 bits per heavy atom. The summed E-state index contributed by atoms with van der Waals surface area (Å²) in [6.45, 7) is 2.60. The molecule has 1 amide bonds. The average molecular weight is 206 g/mol. The van der Waals surface area contributed by atoms with Gasteiger partial charge < -0.3 is 0 Å². The molecule has 1 aromatic rings. The van der Waals surface area contributed by atoms with Crippen LogP contribution in [0.5, 0.6) is 0 Å². The molecule has 0 fully saturated rings. The molecule has 0 atom stereocenters. The van der Waals surface area contributed by atoms with Crippen LogP contribution in [-0.4, -0.2) is 12.6 Å². The van der Waals surface area contributed by atoms with Crippen LogP contribution in [0.2, 0.25) is 0 Å². The Hall–Kier alpha value is -1.51. The van der Waals surface area contributed by atoms with Crippen LogP contribution in [0.25, 0.3) is 0 Å². The summed E-state index contributed by atoms with van der Waals surface area (Å²) in [6, 6.07) is 9.07. The molecule has 0 spiro atoms. The second-order valence-electron chi connectivity index (χ2n) is 3.46. The fourth-order valence-electron chi connectivity index (χ4n) is 1.45. The van der Waals surface area contributed by atoms with Gasteiger partial charge in [-0.05, 0) is 18.6 Å². The largest absolute Gasteiger partial charge is 0.457 e. The predicted molar refractivity (Wildman–Crippen MR) is 59.4 cm³/mol. The van der Waals surface area contributed by atoms with Crippen molar-refractivity contribution >= 4 is 11.8 Å². The number of hydrogen-bond acceptors (Lipinski definition) is 1. The lowest BCUT2D eigenvalue weighted by atomic mass is 10.2. The van der Waals surface area contributed by atoms with Crippen molar-refractivity contribution in [2.24, 2.45) is 0 Å². The van der Waals surface area contributed by atoms with Gasteiger partial charge in [-0.15, -0.1) is 0 Å². The molecule has 81 valence electrons. The SMILES string of the molecule is CCCCCN(C([O])=O)c1ccccc1. The number of carbonyl (C=O) groups excluding carboxylic acids is 1. The van der Waals surface area contributed by atoms with Gasteiger partial charge in [-0.25, -0.2) is 9.90 Å². The zero-order valence-electron chi connectivity index (χ0n) is 8.98. The number of unbranched alkanes of at least 4 members (excludes halogenated alkanes) is 2. The summed E-state index contributed by atoms with van der Waals surface area (Å²) in [5, 5.41) is 10.9. The van der Waals surface area contributed by atoms with E-state index in [0.717, 1.165) is 19.3 Å². The molecule has 0 aromatic heterocycles. The van der Waals surface area contributed by atoms with Crippen molar-refractivity contribution < 1.29 is 9.90 Å². The van der Waals surface area contributed by atoms with Crippen molar-refractivity contribution in [2.75, 3.05) is 11.4 Å². The minimum Gasteiger partial charge on any atom is -0.275 e. The minimum atomic E-state index is -1.13. The van der Waals surface area contributed by atoms with E-state index in [2.05, 4.69) is 6.92 Å². The maximum absolute atomic E-state index is 10.9. The fourth-order valence-corrected chi connectivity index (χ4v) is 1.45. The Labute approximate surface area is 90.3 Å². The van der Waals surface area contributed by atoms with Gasteiger partial charge in [0.25, 0.3) is 0 Å². The summed E-state index contributed by atoms with van der Waals surface area (Å²) < 4.78 is 0. The van der Waals surface area contributed by atoms with Gasteiger partial charge in [0.05, 0.1) is 0 Å². The molecule has 0 aliphatic heterocycles. The van der Waals surface area contributed by atoms with E-state index >= 15 is 0 Å². The van der Waals surface area contributed by atoms with Crippen molar-refractivity contribution in [3.63, 3.8) is 0 Å². The fraction of sp³-hybridized carbons (Fsp3) is 0.417. The van der Waals surface area contributed by atoms with Crippen molar-refractivity contribution in [2.45, 2.75) is 26.2 Å². The summed E-state index contributed by atoms with van der Waals surface area (Å²) in [4.78, 5) is 12.2. The molecular weight excluding hydrogens is 190 g/mol. The van der Waals surface area contributed by atoms with Crippen LogP contribution in [0.4, 0.5) is 10.5 Å². The number of para-hydroxylation sites is 1. The molecule has 1 rings (SSSR count). The van der Waals surface area contributed by atoms with Crippen molar-refractivity contribution in [1.29, 1.82) is 0 Å². The minimum absolute atomic E-state index is 0.514. The number of carbonyl (C=O) groups is 1. The molecule has 1 aromatic carbocycles. The molecule has 0 aliphatic carbocycles. The van der Waals surface area contributed by atoms with Crippen LogP contribution in [0, 0.1) is 0 Å². The lowest BCUT2D eigenvalue weighted by Crippen LogP contribution is -2.29. The number of benzene rings is 1. The van der Waals surface area contributed by atoms with E-state index in [0.29, 0.717) is 12.2 Å². The molecular formula is C12H16NO2. The van der Waals surface area contributed by atoms with Crippen molar-refractivity contribution in [3.8, 4) is 0 Å². The monoisotopic (exact) mass is 206 g/mol. The topological polar surface area (TPSA) is 40.2 Å². The van der Waals surface area contributed by atoms with Gasteiger partial charge in [0.2, 0.25) is 0 Å². The Morgan fingerprint density at radius 2 is 1.87 bits per heavy atom. The second-order valence-corrected chi connectivity index (χ2v) is 3.46. The molecule has 0 unspecified atom stereocenters. The Kier molecular flexibility index (Phi) is 4.68. The smallest absolute Gasteiger partial charge is 0.275 e. The third-order valence-corrected chi connectivity index (χ3v) is 2.27. The first-order chi connectivity index (χ1) is 7.25. The first-order valence-corrected chi connectivity index (χ1v) is 5.29. The second kappa shape index (κ2) is 6.06. The molecule has 0 heterocycles. The van der Waals surface area contributed by atoms with Gasteiger partial charge in [-0.1, -0.05) is 38.0 Å². The van der Waals surface area contributed by atoms with Gasteiger partial charge in [0, 0.05) is 12.2 Å². The van der Waals surface area contributed by atoms with E-state index in [-0.39, 0.29) is 0 Å².